The normalized spacial score (nSPS) is 14.9. The van der Waals surface area contributed by atoms with E-state index in [9.17, 15) is 4.79 Å². The molecule has 4 rings (SSSR count). The Morgan fingerprint density at radius 1 is 1.00 bits per heavy atom. The molecule has 2 aromatic carbocycles. The Kier molecular flexibility index (Phi) is 5.09. The molecule has 2 N–H and O–H groups in total. The van der Waals surface area contributed by atoms with E-state index in [1.165, 1.54) is 11.3 Å². The Labute approximate surface area is 157 Å². The van der Waals surface area contributed by atoms with Gasteiger partial charge < -0.3 is 10.6 Å². The van der Waals surface area contributed by atoms with Crippen molar-refractivity contribution < 1.29 is 4.79 Å². The van der Waals surface area contributed by atoms with Gasteiger partial charge in [0, 0.05) is 16.9 Å². The van der Waals surface area contributed by atoms with Crippen LogP contribution in [-0.2, 0) is 4.79 Å². The molecule has 1 fully saturated rings. The van der Waals surface area contributed by atoms with Crippen LogP contribution in [0.25, 0.3) is 22.4 Å². The van der Waals surface area contributed by atoms with E-state index in [1.54, 1.807) is 0 Å². The van der Waals surface area contributed by atoms with E-state index in [0.717, 1.165) is 48.3 Å². The Morgan fingerprint density at radius 3 is 2.46 bits per heavy atom. The van der Waals surface area contributed by atoms with Crippen LogP contribution in [0.5, 0.6) is 0 Å². The quantitative estimate of drug-likeness (QED) is 0.722. The molecule has 1 amide bonds. The van der Waals surface area contributed by atoms with Crippen molar-refractivity contribution >= 4 is 22.4 Å². The summed E-state index contributed by atoms with van der Waals surface area (Å²) in [6, 6.07) is 18.6. The molecule has 1 aliphatic heterocycles. The lowest BCUT2D eigenvalue weighted by Gasteiger charge is -2.21. The van der Waals surface area contributed by atoms with Crippen LogP contribution in [-0.4, -0.2) is 24.0 Å². The van der Waals surface area contributed by atoms with Gasteiger partial charge in [-0.25, -0.2) is 4.98 Å². The molecule has 0 radical (unpaired) electrons. The van der Waals surface area contributed by atoms with Crippen molar-refractivity contribution in [2.45, 2.75) is 12.8 Å². The summed E-state index contributed by atoms with van der Waals surface area (Å²) < 4.78 is 0. The van der Waals surface area contributed by atoms with Crippen LogP contribution >= 0.6 is 11.3 Å². The van der Waals surface area contributed by atoms with Gasteiger partial charge in [0.05, 0.1) is 5.69 Å². The molecule has 0 bridgehead atoms. The molecular formula is C21H21N3OS. The number of nitrogens with one attached hydrogen (secondary N) is 2. The fraction of sp³-hybridized carbons (Fsp3) is 0.238. The van der Waals surface area contributed by atoms with E-state index in [2.05, 4.69) is 39.9 Å². The molecule has 132 valence electrons. The maximum Gasteiger partial charge on any atom is 0.229 e. The molecule has 0 unspecified atom stereocenters. The summed E-state index contributed by atoms with van der Waals surface area (Å²) in [6.45, 7) is 1.82. The van der Waals surface area contributed by atoms with E-state index in [1.807, 2.05) is 35.7 Å². The number of amides is 1. The summed E-state index contributed by atoms with van der Waals surface area (Å²) in [6.07, 6.45) is 1.78. The minimum absolute atomic E-state index is 0.0835. The average Bonchev–Trinajstić information content (AvgIpc) is 3.17. The number of rotatable bonds is 4. The molecule has 3 aromatic rings. The lowest BCUT2D eigenvalue weighted by atomic mass is 9.97. The fourth-order valence-corrected chi connectivity index (χ4v) is 4.04. The zero-order valence-electron chi connectivity index (χ0n) is 14.4. The smallest absolute Gasteiger partial charge is 0.229 e. The lowest BCUT2D eigenvalue weighted by Crippen LogP contribution is -2.34. The van der Waals surface area contributed by atoms with E-state index < -0.39 is 0 Å². The highest BCUT2D eigenvalue weighted by Crippen LogP contribution is 2.33. The van der Waals surface area contributed by atoms with Crippen LogP contribution < -0.4 is 10.6 Å². The SMILES string of the molecule is O=C(Nc1nc(-c2ccccc2-c2ccccc2)cs1)C1CCNCC1. The molecule has 0 atom stereocenters. The van der Waals surface area contributed by atoms with Gasteiger partial charge in [-0.05, 0) is 37.1 Å². The average molecular weight is 363 g/mol. The molecule has 0 spiro atoms. The summed E-state index contributed by atoms with van der Waals surface area (Å²) in [7, 11) is 0. The van der Waals surface area contributed by atoms with Crippen LogP contribution in [0.4, 0.5) is 5.13 Å². The number of carbonyl (C=O) groups excluding carboxylic acids is 1. The van der Waals surface area contributed by atoms with Gasteiger partial charge in [-0.2, -0.15) is 0 Å². The van der Waals surface area contributed by atoms with Gasteiger partial charge in [-0.15, -0.1) is 11.3 Å². The Bertz CT molecular complexity index is 885. The number of hydrogen-bond donors (Lipinski definition) is 2. The zero-order valence-corrected chi connectivity index (χ0v) is 15.3. The highest BCUT2D eigenvalue weighted by molar-refractivity contribution is 7.14. The first-order valence-corrected chi connectivity index (χ1v) is 9.81. The topological polar surface area (TPSA) is 54.0 Å². The number of piperidine rings is 1. The van der Waals surface area contributed by atoms with Crippen molar-refractivity contribution in [1.29, 1.82) is 0 Å². The highest BCUT2D eigenvalue weighted by atomic mass is 32.1. The molecule has 4 nitrogen and oxygen atoms in total. The molecule has 1 aliphatic rings. The second kappa shape index (κ2) is 7.81. The predicted molar refractivity (Wildman–Crippen MR) is 107 cm³/mol. The molecule has 0 aliphatic carbocycles. The second-order valence-corrected chi connectivity index (χ2v) is 7.32. The third-order valence-electron chi connectivity index (χ3n) is 4.73. The summed E-state index contributed by atoms with van der Waals surface area (Å²) in [4.78, 5) is 17.1. The number of aromatic nitrogens is 1. The van der Waals surface area contributed by atoms with Gasteiger partial charge in [0.2, 0.25) is 5.91 Å². The number of nitrogens with zero attached hydrogens (tertiary/aromatic N) is 1. The maximum atomic E-state index is 12.4. The van der Waals surface area contributed by atoms with E-state index in [0.29, 0.717) is 5.13 Å². The van der Waals surface area contributed by atoms with Crippen LogP contribution in [0.15, 0.2) is 60.0 Å². The molecule has 1 saturated heterocycles. The standard InChI is InChI=1S/C21H21N3OS/c25-20(16-10-12-22-13-11-16)24-21-23-19(14-26-21)18-9-5-4-8-17(18)15-6-2-1-3-7-15/h1-9,14,16,22H,10-13H2,(H,23,24,25). The van der Waals surface area contributed by atoms with Crippen LogP contribution in [0, 0.1) is 5.92 Å². The van der Waals surface area contributed by atoms with Gasteiger partial charge in [-0.1, -0.05) is 54.6 Å². The fourth-order valence-electron chi connectivity index (χ4n) is 3.32. The van der Waals surface area contributed by atoms with E-state index >= 15 is 0 Å². The minimum Gasteiger partial charge on any atom is -0.317 e. The number of anilines is 1. The van der Waals surface area contributed by atoms with Crippen molar-refractivity contribution in [1.82, 2.24) is 10.3 Å². The molecule has 0 saturated carbocycles. The highest BCUT2D eigenvalue weighted by Gasteiger charge is 2.22. The third-order valence-corrected chi connectivity index (χ3v) is 5.49. The number of thiazole rings is 1. The lowest BCUT2D eigenvalue weighted by molar-refractivity contribution is -0.120. The van der Waals surface area contributed by atoms with Crippen molar-refractivity contribution in [3.05, 3.63) is 60.0 Å². The van der Waals surface area contributed by atoms with Crippen molar-refractivity contribution in [3.8, 4) is 22.4 Å². The van der Waals surface area contributed by atoms with Crippen LogP contribution in [0.2, 0.25) is 0 Å². The molecule has 2 heterocycles. The summed E-state index contributed by atoms with van der Waals surface area (Å²) >= 11 is 1.48. The van der Waals surface area contributed by atoms with Gasteiger partial charge in [-0.3, -0.25) is 4.79 Å². The zero-order chi connectivity index (χ0) is 17.8. The second-order valence-electron chi connectivity index (χ2n) is 6.46. The number of hydrogen-bond acceptors (Lipinski definition) is 4. The summed E-state index contributed by atoms with van der Waals surface area (Å²) in [5.41, 5.74) is 4.29. The first kappa shape index (κ1) is 16.9. The maximum absolute atomic E-state index is 12.4. The van der Waals surface area contributed by atoms with Gasteiger partial charge in [0.1, 0.15) is 0 Å². The van der Waals surface area contributed by atoms with Crippen molar-refractivity contribution in [2.24, 2.45) is 5.92 Å². The number of carbonyl (C=O) groups is 1. The first-order chi connectivity index (χ1) is 12.8. The molecular weight excluding hydrogens is 342 g/mol. The third kappa shape index (κ3) is 3.69. The predicted octanol–water partition coefficient (Wildman–Crippen LogP) is 4.42. The van der Waals surface area contributed by atoms with Gasteiger partial charge in [0.25, 0.3) is 0 Å². The summed E-state index contributed by atoms with van der Waals surface area (Å²) in [5, 5.41) is 8.98. The first-order valence-electron chi connectivity index (χ1n) is 8.93. The minimum atomic E-state index is 0.0835. The van der Waals surface area contributed by atoms with Crippen LogP contribution in [0.1, 0.15) is 12.8 Å². The Hall–Kier alpha value is -2.50. The molecule has 5 heteroatoms. The Morgan fingerprint density at radius 2 is 1.69 bits per heavy atom. The largest absolute Gasteiger partial charge is 0.317 e. The Balaban J connectivity index is 1.56. The van der Waals surface area contributed by atoms with Crippen LogP contribution in [0.3, 0.4) is 0 Å². The van der Waals surface area contributed by atoms with Gasteiger partial charge >= 0.3 is 0 Å². The van der Waals surface area contributed by atoms with E-state index in [4.69, 9.17) is 0 Å². The molecule has 1 aromatic heterocycles. The van der Waals surface area contributed by atoms with Crippen molar-refractivity contribution in [2.75, 3.05) is 18.4 Å². The van der Waals surface area contributed by atoms with Gasteiger partial charge in [0.15, 0.2) is 5.13 Å². The number of benzene rings is 2. The summed E-state index contributed by atoms with van der Waals surface area (Å²) in [5.74, 6) is 0.170. The molecule has 26 heavy (non-hydrogen) atoms. The van der Waals surface area contributed by atoms with E-state index in [-0.39, 0.29) is 11.8 Å². The monoisotopic (exact) mass is 363 g/mol. The van der Waals surface area contributed by atoms with Crippen molar-refractivity contribution in [3.63, 3.8) is 0 Å².